The Morgan fingerprint density at radius 3 is 2.50 bits per heavy atom. The van der Waals surface area contributed by atoms with Crippen LogP contribution in [0.3, 0.4) is 0 Å². The van der Waals surface area contributed by atoms with Crippen molar-refractivity contribution in [1.29, 1.82) is 0 Å². The maximum absolute atomic E-state index is 12.9. The number of amides is 3. The van der Waals surface area contributed by atoms with Crippen LogP contribution in [0.2, 0.25) is 10.0 Å². The van der Waals surface area contributed by atoms with Crippen LogP contribution in [0.1, 0.15) is 39.1 Å². The van der Waals surface area contributed by atoms with Crippen molar-refractivity contribution in [2.24, 2.45) is 0 Å². The van der Waals surface area contributed by atoms with E-state index in [0.717, 1.165) is 18.4 Å². The van der Waals surface area contributed by atoms with Gasteiger partial charge in [-0.05, 0) is 60.9 Å². The molecule has 0 saturated carbocycles. The molecule has 2 aliphatic heterocycles. The quantitative estimate of drug-likeness (QED) is 0.298. The van der Waals surface area contributed by atoms with E-state index >= 15 is 0 Å². The fourth-order valence-electron chi connectivity index (χ4n) is 4.38. The summed E-state index contributed by atoms with van der Waals surface area (Å²) in [5.74, 6) is 0.790. The lowest BCUT2D eigenvalue weighted by atomic mass is 10.1. The summed E-state index contributed by atoms with van der Waals surface area (Å²) in [5.41, 5.74) is 2.04. The van der Waals surface area contributed by atoms with Crippen molar-refractivity contribution in [3.8, 4) is 11.5 Å². The van der Waals surface area contributed by atoms with E-state index in [2.05, 4.69) is 5.32 Å². The highest BCUT2D eigenvalue weighted by atomic mass is 35.5. The van der Waals surface area contributed by atoms with Gasteiger partial charge in [0.1, 0.15) is 11.5 Å². The number of halogens is 2. The van der Waals surface area contributed by atoms with E-state index in [-0.39, 0.29) is 36.1 Å². The Hall–Kier alpha value is -3.04. The van der Waals surface area contributed by atoms with Gasteiger partial charge in [-0.1, -0.05) is 35.3 Å². The lowest BCUT2D eigenvalue weighted by Crippen LogP contribution is -2.36. The van der Waals surface area contributed by atoms with Crippen LogP contribution in [0.4, 0.5) is 5.69 Å². The molecule has 0 aromatic heterocycles. The molecular weight excluding hydrogens is 547 g/mol. The predicted molar refractivity (Wildman–Crippen MR) is 149 cm³/mol. The van der Waals surface area contributed by atoms with Crippen LogP contribution in [-0.2, 0) is 15.3 Å². The Kier molecular flexibility index (Phi) is 8.24. The molecule has 3 aromatic rings. The molecule has 0 bridgehead atoms. The van der Waals surface area contributed by atoms with Gasteiger partial charge in [0.25, 0.3) is 11.8 Å². The van der Waals surface area contributed by atoms with E-state index in [1.807, 2.05) is 0 Å². The molecule has 10 heteroatoms. The minimum atomic E-state index is -0.345. The maximum Gasteiger partial charge on any atom is 0.261 e. The molecule has 3 aromatic carbocycles. The molecule has 1 N–H and O–H groups in total. The number of nitrogens with zero attached hydrogens (tertiary/aromatic N) is 1. The van der Waals surface area contributed by atoms with E-state index < -0.39 is 0 Å². The molecule has 1 unspecified atom stereocenters. The zero-order valence-corrected chi connectivity index (χ0v) is 22.6. The first kappa shape index (κ1) is 26.6. The molecule has 0 radical (unpaired) electrons. The molecule has 2 aliphatic rings. The summed E-state index contributed by atoms with van der Waals surface area (Å²) in [5, 5.41) is 4.00. The smallest absolute Gasteiger partial charge is 0.261 e. The van der Waals surface area contributed by atoms with E-state index in [4.69, 9.17) is 32.7 Å². The Morgan fingerprint density at radius 2 is 1.74 bits per heavy atom. The van der Waals surface area contributed by atoms with Crippen LogP contribution >= 0.6 is 35.0 Å². The number of ether oxygens (including phenoxy) is 2. The third kappa shape index (κ3) is 5.99. The number of nitrogens with one attached hydrogen (secondary N) is 1. The summed E-state index contributed by atoms with van der Waals surface area (Å²) in [7, 11) is 0. The second-order valence-electron chi connectivity index (χ2n) is 8.93. The summed E-state index contributed by atoms with van der Waals surface area (Å²) in [6.07, 6.45) is 1.66. The van der Waals surface area contributed by atoms with Gasteiger partial charge in [0.2, 0.25) is 5.91 Å². The molecule has 38 heavy (non-hydrogen) atoms. The predicted octanol–water partition coefficient (Wildman–Crippen LogP) is 6.43. The van der Waals surface area contributed by atoms with Gasteiger partial charge in [0.15, 0.2) is 0 Å². The third-order valence-electron chi connectivity index (χ3n) is 6.25. The number of anilines is 1. The van der Waals surface area contributed by atoms with E-state index in [0.29, 0.717) is 50.7 Å². The third-order valence-corrected chi connectivity index (χ3v) is 7.91. The number of rotatable bonds is 9. The average molecular weight is 571 g/mol. The number of benzene rings is 3. The topological polar surface area (TPSA) is 84.9 Å². The molecule has 0 aliphatic carbocycles. The molecular formula is C28H24Cl2N2O5S. The van der Waals surface area contributed by atoms with E-state index in [9.17, 15) is 14.4 Å². The van der Waals surface area contributed by atoms with E-state index in [1.54, 1.807) is 60.7 Å². The van der Waals surface area contributed by atoms with Gasteiger partial charge in [-0.3, -0.25) is 19.3 Å². The Labute approximate surface area is 234 Å². The highest BCUT2D eigenvalue weighted by Crippen LogP contribution is 2.32. The van der Waals surface area contributed by atoms with Gasteiger partial charge in [0, 0.05) is 34.2 Å². The highest BCUT2D eigenvalue weighted by Gasteiger charge is 2.37. The fourth-order valence-corrected chi connectivity index (χ4v) is 5.94. The van der Waals surface area contributed by atoms with Crippen LogP contribution in [0.25, 0.3) is 0 Å². The van der Waals surface area contributed by atoms with Crippen molar-refractivity contribution in [2.75, 3.05) is 24.2 Å². The Morgan fingerprint density at radius 1 is 1.00 bits per heavy atom. The lowest BCUT2D eigenvalue weighted by molar-refractivity contribution is -0.113. The molecule has 1 atom stereocenters. The van der Waals surface area contributed by atoms with Crippen molar-refractivity contribution in [3.05, 3.63) is 87.4 Å². The summed E-state index contributed by atoms with van der Waals surface area (Å²) in [6.45, 7) is 0.912. The molecule has 7 nitrogen and oxygen atoms in total. The first-order chi connectivity index (χ1) is 18.4. The minimum absolute atomic E-state index is 0.113. The average Bonchev–Trinajstić information content (AvgIpc) is 3.49. The first-order valence-electron chi connectivity index (χ1n) is 12.1. The molecule has 1 saturated heterocycles. The van der Waals surface area contributed by atoms with Crippen molar-refractivity contribution in [2.45, 2.75) is 24.7 Å². The number of hydrogen-bond acceptors (Lipinski definition) is 6. The van der Waals surface area contributed by atoms with Crippen molar-refractivity contribution in [3.63, 3.8) is 0 Å². The van der Waals surface area contributed by atoms with Crippen LogP contribution in [0.5, 0.6) is 11.5 Å². The number of thioether (sulfide) groups is 1. The standard InChI is InChI=1S/C28H24Cl2N2O5S/c29-24-7-2-8-25(30)23(24)15-38-16-26(33)31-17-4-1-5-18(12-17)37-19-9-10-21-22(13-19)28(35)32(27(21)34)14-20-6-3-11-36-20/h1-2,4-5,7-10,12-13,20H,3,6,11,14-16H2,(H,31,33). The molecule has 196 valence electrons. The van der Waals surface area contributed by atoms with Gasteiger partial charge in [0.05, 0.1) is 29.5 Å². The summed E-state index contributed by atoms with van der Waals surface area (Å²) >= 11 is 13.8. The van der Waals surface area contributed by atoms with Gasteiger partial charge in [-0.2, -0.15) is 0 Å². The van der Waals surface area contributed by atoms with Crippen LogP contribution in [0, 0.1) is 0 Å². The van der Waals surface area contributed by atoms with Crippen molar-refractivity contribution in [1.82, 2.24) is 4.90 Å². The monoisotopic (exact) mass is 570 g/mol. The van der Waals surface area contributed by atoms with Crippen LogP contribution in [0.15, 0.2) is 60.7 Å². The number of hydrogen-bond donors (Lipinski definition) is 1. The lowest BCUT2D eigenvalue weighted by Gasteiger charge is -2.17. The van der Waals surface area contributed by atoms with Gasteiger partial charge >= 0.3 is 0 Å². The second kappa shape index (κ2) is 11.8. The van der Waals surface area contributed by atoms with Crippen LogP contribution in [-0.4, -0.2) is 47.6 Å². The van der Waals surface area contributed by atoms with Gasteiger partial charge in [-0.25, -0.2) is 0 Å². The largest absolute Gasteiger partial charge is 0.457 e. The number of carbonyl (C=O) groups excluding carboxylic acids is 3. The van der Waals surface area contributed by atoms with E-state index in [1.165, 1.54) is 16.7 Å². The van der Waals surface area contributed by atoms with Crippen LogP contribution < -0.4 is 10.1 Å². The first-order valence-corrected chi connectivity index (χ1v) is 14.0. The van der Waals surface area contributed by atoms with Gasteiger partial charge in [-0.15, -0.1) is 11.8 Å². The highest BCUT2D eigenvalue weighted by molar-refractivity contribution is 7.99. The molecule has 5 rings (SSSR count). The zero-order valence-electron chi connectivity index (χ0n) is 20.2. The normalized spacial score (nSPS) is 16.6. The van der Waals surface area contributed by atoms with Gasteiger partial charge < -0.3 is 14.8 Å². The zero-order chi connectivity index (χ0) is 26.6. The maximum atomic E-state index is 12.9. The molecule has 2 heterocycles. The Bertz CT molecular complexity index is 1370. The molecule has 0 spiro atoms. The summed E-state index contributed by atoms with van der Waals surface area (Å²) < 4.78 is 11.5. The van der Waals surface area contributed by atoms with Crippen molar-refractivity contribution < 1.29 is 23.9 Å². The molecule has 1 fully saturated rings. The Balaban J connectivity index is 1.18. The number of carbonyl (C=O) groups is 3. The molecule has 3 amide bonds. The van der Waals surface area contributed by atoms with Crippen molar-refractivity contribution >= 4 is 58.4 Å². The second-order valence-corrected chi connectivity index (χ2v) is 10.7. The fraction of sp³-hybridized carbons (Fsp3) is 0.250. The SMILES string of the molecule is O=C(CSCc1c(Cl)cccc1Cl)Nc1cccc(Oc2ccc3c(c2)C(=O)N(CC2CCCO2)C3=O)c1. The number of fused-ring (bicyclic) bond motifs is 1. The minimum Gasteiger partial charge on any atom is -0.457 e. The summed E-state index contributed by atoms with van der Waals surface area (Å²) in [4.78, 5) is 39.4. The summed E-state index contributed by atoms with van der Waals surface area (Å²) in [6, 6.07) is 17.1. The number of imide groups is 1.